The molecule has 0 fully saturated rings. The third kappa shape index (κ3) is 3.74. The summed E-state index contributed by atoms with van der Waals surface area (Å²) in [5.41, 5.74) is 0.541. The minimum absolute atomic E-state index is 0.121. The van der Waals surface area contributed by atoms with Gasteiger partial charge in [0.05, 0.1) is 10.5 Å². The molecule has 0 spiro atoms. The van der Waals surface area contributed by atoms with Crippen molar-refractivity contribution in [1.82, 2.24) is 4.98 Å². The van der Waals surface area contributed by atoms with Crippen molar-refractivity contribution in [3.8, 4) is 6.07 Å². The number of amides is 2. The molecule has 8 nitrogen and oxygen atoms in total. The van der Waals surface area contributed by atoms with Gasteiger partial charge in [0.2, 0.25) is 0 Å². The lowest BCUT2D eigenvalue weighted by atomic mass is 10.3. The number of rotatable bonds is 3. The smallest absolute Gasteiger partial charge is 0.307 e. The van der Waals surface area contributed by atoms with Crippen LogP contribution in [0.5, 0.6) is 0 Å². The fourth-order valence-electron chi connectivity index (χ4n) is 1.51. The van der Waals surface area contributed by atoms with Gasteiger partial charge in [-0.2, -0.15) is 5.26 Å². The molecule has 0 atom stereocenters. The van der Waals surface area contributed by atoms with Crippen LogP contribution in [0.2, 0.25) is 0 Å². The first-order valence-corrected chi connectivity index (χ1v) is 5.77. The van der Waals surface area contributed by atoms with Gasteiger partial charge in [-0.1, -0.05) is 6.07 Å². The van der Waals surface area contributed by atoms with E-state index in [2.05, 4.69) is 15.6 Å². The number of hydrogen-bond acceptors (Lipinski definition) is 5. The van der Waals surface area contributed by atoms with Gasteiger partial charge in [0.1, 0.15) is 11.9 Å². The second-order valence-corrected chi connectivity index (χ2v) is 3.93. The Morgan fingerprint density at radius 3 is 2.71 bits per heavy atom. The number of nitrogens with zero attached hydrogens (tertiary/aromatic N) is 3. The Bertz CT molecular complexity index is 721. The predicted molar refractivity (Wildman–Crippen MR) is 74.7 cm³/mol. The number of hydrogen-bond donors (Lipinski definition) is 2. The monoisotopic (exact) mass is 283 g/mol. The van der Waals surface area contributed by atoms with Crippen LogP contribution in [0, 0.1) is 21.4 Å². The standard InChI is InChI=1S/C13H9N5O3/c14-7-9-4-5-12(15-8-9)17-13(19)16-10-2-1-3-11(6-10)18(20)21/h1-6,8H,(H2,15,16,17,19). The molecule has 0 radical (unpaired) electrons. The van der Waals surface area contributed by atoms with Crippen LogP contribution in [0.3, 0.4) is 0 Å². The number of benzene rings is 1. The van der Waals surface area contributed by atoms with Crippen LogP contribution in [0.15, 0.2) is 42.6 Å². The van der Waals surface area contributed by atoms with E-state index in [4.69, 9.17) is 5.26 Å². The molecule has 2 N–H and O–H groups in total. The van der Waals surface area contributed by atoms with E-state index in [1.54, 1.807) is 0 Å². The molecule has 1 aromatic carbocycles. The van der Waals surface area contributed by atoms with E-state index in [0.717, 1.165) is 0 Å². The summed E-state index contributed by atoms with van der Waals surface area (Å²) in [6, 6.07) is 9.87. The Morgan fingerprint density at radius 1 is 1.29 bits per heavy atom. The van der Waals surface area contributed by atoms with Crippen molar-refractivity contribution in [3.05, 3.63) is 58.3 Å². The van der Waals surface area contributed by atoms with Crippen molar-refractivity contribution < 1.29 is 9.72 Å². The van der Waals surface area contributed by atoms with Gasteiger partial charge in [0, 0.05) is 24.0 Å². The van der Waals surface area contributed by atoms with Gasteiger partial charge in [-0.25, -0.2) is 9.78 Å². The molecule has 1 aromatic heterocycles. The predicted octanol–water partition coefficient (Wildman–Crippen LogP) is 2.51. The molecule has 2 rings (SSSR count). The van der Waals surface area contributed by atoms with Gasteiger partial charge in [-0.05, 0) is 18.2 Å². The molecule has 0 aliphatic rings. The minimum Gasteiger partial charge on any atom is -0.307 e. The van der Waals surface area contributed by atoms with Crippen molar-refractivity contribution in [2.24, 2.45) is 0 Å². The average Bonchev–Trinajstić information content (AvgIpc) is 2.48. The maximum Gasteiger partial charge on any atom is 0.324 e. The molecule has 21 heavy (non-hydrogen) atoms. The molecule has 0 bridgehead atoms. The summed E-state index contributed by atoms with van der Waals surface area (Å²) in [5.74, 6) is 0.261. The fourth-order valence-corrected chi connectivity index (χ4v) is 1.51. The van der Waals surface area contributed by atoms with Crippen LogP contribution in [-0.4, -0.2) is 15.9 Å². The average molecular weight is 283 g/mol. The number of nitriles is 1. The summed E-state index contributed by atoms with van der Waals surface area (Å²) in [7, 11) is 0. The summed E-state index contributed by atoms with van der Waals surface area (Å²) in [6.45, 7) is 0. The molecule has 0 aliphatic carbocycles. The molecule has 8 heteroatoms. The second kappa shape index (κ2) is 6.12. The third-order valence-corrected chi connectivity index (χ3v) is 2.45. The SMILES string of the molecule is N#Cc1ccc(NC(=O)Nc2cccc([N+](=O)[O-])c2)nc1. The molecular weight excluding hydrogens is 274 g/mol. The highest BCUT2D eigenvalue weighted by Crippen LogP contribution is 2.17. The van der Waals surface area contributed by atoms with E-state index >= 15 is 0 Å². The van der Waals surface area contributed by atoms with Gasteiger partial charge >= 0.3 is 6.03 Å². The van der Waals surface area contributed by atoms with E-state index < -0.39 is 11.0 Å². The van der Waals surface area contributed by atoms with Crippen LogP contribution in [-0.2, 0) is 0 Å². The molecule has 104 valence electrons. The first kappa shape index (κ1) is 14.0. The van der Waals surface area contributed by atoms with Gasteiger partial charge in [-0.3, -0.25) is 15.4 Å². The number of carbonyl (C=O) groups is 1. The number of anilines is 2. The molecule has 0 unspecified atom stereocenters. The van der Waals surface area contributed by atoms with Crippen LogP contribution in [0.4, 0.5) is 22.0 Å². The summed E-state index contributed by atoms with van der Waals surface area (Å²) in [4.78, 5) is 25.7. The van der Waals surface area contributed by atoms with E-state index in [9.17, 15) is 14.9 Å². The fraction of sp³-hybridized carbons (Fsp3) is 0. The number of non-ortho nitro benzene ring substituents is 1. The summed E-state index contributed by atoms with van der Waals surface area (Å²) in [6.07, 6.45) is 1.32. The zero-order valence-electron chi connectivity index (χ0n) is 10.6. The molecular formula is C13H9N5O3. The lowest BCUT2D eigenvalue weighted by Gasteiger charge is -2.06. The van der Waals surface area contributed by atoms with Crippen LogP contribution < -0.4 is 10.6 Å². The van der Waals surface area contributed by atoms with E-state index in [1.165, 1.54) is 42.6 Å². The molecule has 2 amide bonds. The zero-order valence-corrected chi connectivity index (χ0v) is 10.6. The van der Waals surface area contributed by atoms with Gasteiger partial charge in [-0.15, -0.1) is 0 Å². The van der Waals surface area contributed by atoms with E-state index in [1.807, 2.05) is 6.07 Å². The third-order valence-electron chi connectivity index (χ3n) is 2.45. The molecule has 0 saturated heterocycles. The van der Waals surface area contributed by atoms with E-state index in [-0.39, 0.29) is 17.2 Å². The van der Waals surface area contributed by atoms with Crippen LogP contribution >= 0.6 is 0 Å². The largest absolute Gasteiger partial charge is 0.324 e. The molecule has 1 heterocycles. The van der Waals surface area contributed by atoms with Crippen LogP contribution in [0.25, 0.3) is 0 Å². The maximum absolute atomic E-state index is 11.7. The topological polar surface area (TPSA) is 121 Å². The molecule has 0 saturated carbocycles. The highest BCUT2D eigenvalue weighted by atomic mass is 16.6. The van der Waals surface area contributed by atoms with Crippen molar-refractivity contribution in [2.45, 2.75) is 0 Å². The molecule has 2 aromatic rings. The number of carbonyl (C=O) groups excluding carboxylic acids is 1. The lowest BCUT2D eigenvalue weighted by Crippen LogP contribution is -2.20. The van der Waals surface area contributed by atoms with Crippen LogP contribution in [0.1, 0.15) is 5.56 Å². The summed E-state index contributed by atoms with van der Waals surface area (Å²) < 4.78 is 0. The number of nitro groups is 1. The number of urea groups is 1. The second-order valence-electron chi connectivity index (χ2n) is 3.93. The Balaban J connectivity index is 2.02. The van der Waals surface area contributed by atoms with Crippen molar-refractivity contribution in [3.63, 3.8) is 0 Å². The summed E-state index contributed by atoms with van der Waals surface area (Å²) >= 11 is 0. The Hall–Kier alpha value is -3.47. The number of pyridine rings is 1. The Morgan fingerprint density at radius 2 is 2.10 bits per heavy atom. The summed E-state index contributed by atoms with van der Waals surface area (Å²) in [5, 5.41) is 24.2. The van der Waals surface area contributed by atoms with Crippen molar-refractivity contribution in [2.75, 3.05) is 10.6 Å². The quantitative estimate of drug-likeness (QED) is 0.662. The van der Waals surface area contributed by atoms with Gasteiger partial charge in [0.15, 0.2) is 0 Å². The highest BCUT2D eigenvalue weighted by molar-refractivity contribution is 5.99. The lowest BCUT2D eigenvalue weighted by molar-refractivity contribution is -0.384. The minimum atomic E-state index is -0.590. The van der Waals surface area contributed by atoms with E-state index in [0.29, 0.717) is 5.56 Å². The van der Waals surface area contributed by atoms with Crippen molar-refractivity contribution >= 4 is 23.2 Å². The number of aromatic nitrogens is 1. The Labute approximate surface area is 119 Å². The highest BCUT2D eigenvalue weighted by Gasteiger charge is 2.08. The van der Waals surface area contributed by atoms with Gasteiger partial charge < -0.3 is 5.32 Å². The van der Waals surface area contributed by atoms with Gasteiger partial charge in [0.25, 0.3) is 5.69 Å². The normalized spacial score (nSPS) is 9.48. The maximum atomic E-state index is 11.7. The van der Waals surface area contributed by atoms with Crippen molar-refractivity contribution in [1.29, 1.82) is 5.26 Å². The number of nitrogens with one attached hydrogen (secondary N) is 2. The number of nitro benzene ring substituents is 1. The molecule has 0 aliphatic heterocycles. The zero-order chi connectivity index (χ0) is 15.2. The first-order chi connectivity index (χ1) is 10.1. The first-order valence-electron chi connectivity index (χ1n) is 5.77. The Kier molecular flexibility index (Phi) is 4.06.